The van der Waals surface area contributed by atoms with Crippen LogP contribution in [0.4, 0.5) is 0 Å². The maximum atomic E-state index is 10.1. The highest BCUT2D eigenvalue weighted by molar-refractivity contribution is 5.79. The van der Waals surface area contributed by atoms with Gasteiger partial charge in [-0.2, -0.15) is 0 Å². The monoisotopic (exact) mass is 854 g/mol. The van der Waals surface area contributed by atoms with Crippen LogP contribution in [-0.4, -0.2) is 98.6 Å². The molecule has 20 nitrogen and oxygen atoms in total. The molecule has 0 aromatic heterocycles. The van der Waals surface area contributed by atoms with Gasteiger partial charge in [-0.15, -0.1) is 0 Å². The molecule has 0 atom stereocenters. The molecule has 6 heterocycles. The largest absolute Gasteiger partial charge is 0.435 e. The van der Waals surface area contributed by atoms with Crippen molar-refractivity contribution in [3.63, 3.8) is 0 Å². The summed E-state index contributed by atoms with van der Waals surface area (Å²) in [5.41, 5.74) is 0. The predicted molar refractivity (Wildman–Crippen MR) is 221 cm³/mol. The molecular weight excluding hydrogens is 788 g/mol. The Labute approximate surface area is 353 Å². The highest BCUT2D eigenvalue weighted by Crippen LogP contribution is 1.96. The number of rotatable bonds is 4. The van der Waals surface area contributed by atoms with E-state index in [0.29, 0.717) is 0 Å². The SMILES string of the molecule is C=COC(C)=O.C=COC(C)=O.C=COC(C)=O.C=COC(C)=O.O=C1CCCN1.O=C1CCCN1.O=C1CCCN1.O=C1CCCN1.O=C1CCCN1.O=C1CCCN1. The van der Waals surface area contributed by atoms with E-state index in [-0.39, 0.29) is 59.3 Å². The maximum Gasteiger partial charge on any atom is 0.307 e. The molecule has 20 heteroatoms. The first-order valence-corrected chi connectivity index (χ1v) is 19.2. The lowest BCUT2D eigenvalue weighted by atomic mass is 10.4. The van der Waals surface area contributed by atoms with Crippen LogP contribution in [0.15, 0.2) is 51.4 Å². The van der Waals surface area contributed by atoms with E-state index in [9.17, 15) is 47.9 Å². The quantitative estimate of drug-likeness (QED) is 0.134. The lowest BCUT2D eigenvalue weighted by molar-refractivity contribution is -0.136. The van der Waals surface area contributed by atoms with Crippen LogP contribution in [0.25, 0.3) is 0 Å². The molecular formula is C40H66N6O14. The molecule has 6 saturated heterocycles. The van der Waals surface area contributed by atoms with Crippen LogP contribution in [0.2, 0.25) is 0 Å². The van der Waals surface area contributed by atoms with Crippen molar-refractivity contribution in [2.45, 2.75) is 105 Å². The molecule has 0 radical (unpaired) electrons. The minimum absolute atomic E-state index is 0.204. The number of carbonyl (C=O) groups excluding carboxylic acids is 10. The van der Waals surface area contributed by atoms with Gasteiger partial charge in [0.05, 0.1) is 25.0 Å². The van der Waals surface area contributed by atoms with E-state index in [1.807, 2.05) is 0 Å². The van der Waals surface area contributed by atoms with E-state index in [0.717, 1.165) is 141 Å². The summed E-state index contributed by atoms with van der Waals surface area (Å²) in [5, 5.41) is 16.1. The number of esters is 4. The summed E-state index contributed by atoms with van der Waals surface area (Å²) >= 11 is 0. The second-order valence-electron chi connectivity index (χ2n) is 11.8. The van der Waals surface area contributed by atoms with Gasteiger partial charge in [0, 0.05) is 105 Å². The normalized spacial score (nSPS) is 15.3. The molecule has 6 amide bonds. The van der Waals surface area contributed by atoms with Crippen LogP contribution in [-0.2, 0) is 66.9 Å². The highest BCUT2D eigenvalue weighted by atomic mass is 16.5. The first kappa shape index (κ1) is 60.3. The molecule has 0 unspecified atom stereocenters. The van der Waals surface area contributed by atoms with Crippen molar-refractivity contribution in [1.29, 1.82) is 0 Å². The van der Waals surface area contributed by atoms with Crippen molar-refractivity contribution in [3.8, 4) is 0 Å². The zero-order valence-electron chi connectivity index (χ0n) is 35.6. The number of nitrogens with one attached hydrogen (secondary N) is 6. The molecule has 0 bridgehead atoms. The molecule has 0 aromatic carbocycles. The Morgan fingerprint density at radius 2 is 0.483 bits per heavy atom. The minimum atomic E-state index is -0.329. The average Bonchev–Trinajstić information content (AvgIpc) is 4.03. The van der Waals surface area contributed by atoms with Crippen LogP contribution in [0.1, 0.15) is 105 Å². The predicted octanol–water partition coefficient (Wildman–Crippen LogP) is 2.15. The van der Waals surface area contributed by atoms with Gasteiger partial charge in [-0.05, 0) is 38.5 Å². The van der Waals surface area contributed by atoms with Gasteiger partial charge in [0.15, 0.2) is 0 Å². The number of hydrogen-bond acceptors (Lipinski definition) is 14. The van der Waals surface area contributed by atoms with Gasteiger partial charge in [0.2, 0.25) is 35.4 Å². The van der Waals surface area contributed by atoms with Crippen molar-refractivity contribution in [2.75, 3.05) is 39.3 Å². The third-order valence-electron chi connectivity index (χ3n) is 6.41. The van der Waals surface area contributed by atoms with E-state index in [2.05, 4.69) is 77.2 Å². The summed E-state index contributed by atoms with van der Waals surface area (Å²) in [6.07, 6.45) is 15.0. The second kappa shape index (κ2) is 45.4. The first-order valence-electron chi connectivity index (χ1n) is 19.2. The zero-order chi connectivity index (χ0) is 46.4. The maximum absolute atomic E-state index is 10.1. The summed E-state index contributed by atoms with van der Waals surface area (Å²) < 4.78 is 16.7. The minimum Gasteiger partial charge on any atom is -0.435 e. The van der Waals surface area contributed by atoms with Gasteiger partial charge >= 0.3 is 23.9 Å². The molecule has 0 aliphatic carbocycles. The fourth-order valence-corrected chi connectivity index (χ4v) is 3.86. The van der Waals surface area contributed by atoms with E-state index in [4.69, 9.17) is 0 Å². The van der Waals surface area contributed by atoms with E-state index in [1.54, 1.807) is 0 Å². The van der Waals surface area contributed by atoms with Crippen molar-refractivity contribution in [1.82, 2.24) is 31.9 Å². The van der Waals surface area contributed by atoms with Gasteiger partial charge in [-0.3, -0.25) is 47.9 Å². The van der Waals surface area contributed by atoms with Crippen LogP contribution < -0.4 is 31.9 Å². The Morgan fingerprint density at radius 3 is 0.500 bits per heavy atom. The molecule has 6 N–H and O–H groups in total. The number of carbonyl (C=O) groups is 10. The Morgan fingerprint density at radius 1 is 0.350 bits per heavy atom. The Bertz CT molecular complexity index is 1070. The Balaban J connectivity index is -0.000000290. The fraction of sp³-hybridized carbons (Fsp3) is 0.550. The fourth-order valence-electron chi connectivity index (χ4n) is 3.86. The lowest BCUT2D eigenvalue weighted by Crippen LogP contribution is -2.12. The molecule has 6 aliphatic heterocycles. The molecule has 0 saturated carbocycles. The van der Waals surface area contributed by atoms with E-state index in [1.165, 1.54) is 27.7 Å². The van der Waals surface area contributed by atoms with Crippen LogP contribution >= 0.6 is 0 Å². The van der Waals surface area contributed by atoms with Crippen molar-refractivity contribution in [2.24, 2.45) is 0 Å². The van der Waals surface area contributed by atoms with E-state index < -0.39 is 0 Å². The first-order chi connectivity index (χ1) is 28.4. The topological polar surface area (TPSA) is 280 Å². The Hall–Kier alpha value is -6.34. The molecule has 6 fully saturated rings. The summed E-state index contributed by atoms with van der Waals surface area (Å²) in [7, 11) is 0. The molecule has 6 rings (SSSR count). The van der Waals surface area contributed by atoms with Gasteiger partial charge in [-0.1, -0.05) is 26.3 Å². The van der Waals surface area contributed by atoms with Crippen molar-refractivity contribution >= 4 is 59.3 Å². The van der Waals surface area contributed by atoms with Gasteiger partial charge in [0.25, 0.3) is 0 Å². The average molecular weight is 855 g/mol. The smallest absolute Gasteiger partial charge is 0.307 e. The lowest BCUT2D eigenvalue weighted by Gasteiger charge is -1.83. The summed E-state index contributed by atoms with van der Waals surface area (Å²) in [6, 6.07) is 0. The second-order valence-corrected chi connectivity index (χ2v) is 11.8. The number of amides is 6. The van der Waals surface area contributed by atoms with Gasteiger partial charge < -0.3 is 50.8 Å². The van der Waals surface area contributed by atoms with Crippen LogP contribution in [0.3, 0.4) is 0 Å². The third kappa shape index (κ3) is 58.4. The molecule has 340 valence electrons. The van der Waals surface area contributed by atoms with Gasteiger partial charge in [0.1, 0.15) is 0 Å². The standard InChI is InChI=1S/6C4H7NO.4C4H6O2/c6*6-4-2-1-3-5-4;4*1-3-6-4(2)5/h6*1-3H2,(H,5,6);4*3H,1H2,2H3. The molecule has 0 aromatic rings. The van der Waals surface area contributed by atoms with Crippen LogP contribution in [0.5, 0.6) is 0 Å². The highest BCUT2D eigenvalue weighted by Gasteiger charge is 2.08. The van der Waals surface area contributed by atoms with Crippen molar-refractivity contribution < 1.29 is 66.9 Å². The van der Waals surface area contributed by atoms with Gasteiger partial charge in [-0.25, -0.2) is 0 Å². The molecule has 60 heavy (non-hydrogen) atoms. The van der Waals surface area contributed by atoms with E-state index >= 15 is 0 Å². The summed E-state index contributed by atoms with van der Waals surface area (Å²) in [6.45, 7) is 23.2. The number of ether oxygens (including phenoxy) is 4. The Kier molecular flexibility index (Phi) is 45.6. The van der Waals surface area contributed by atoms with Crippen molar-refractivity contribution in [3.05, 3.63) is 51.4 Å². The summed E-state index contributed by atoms with van der Waals surface area (Å²) in [5.74, 6) is -0.0926. The molecule has 0 spiro atoms. The summed E-state index contributed by atoms with van der Waals surface area (Å²) in [4.78, 5) is 99.8. The molecule has 6 aliphatic rings. The zero-order valence-corrected chi connectivity index (χ0v) is 35.6. The van der Waals surface area contributed by atoms with Crippen LogP contribution in [0, 0.1) is 0 Å². The number of hydrogen-bond donors (Lipinski definition) is 6. The third-order valence-corrected chi connectivity index (χ3v) is 6.41.